The number of aryl methyl sites for hydroxylation is 1. The van der Waals surface area contributed by atoms with E-state index in [-0.39, 0.29) is 12.6 Å². The second-order valence-corrected chi connectivity index (χ2v) is 5.02. The lowest BCUT2D eigenvalue weighted by Crippen LogP contribution is -2.32. The molecule has 0 spiro atoms. The smallest absolute Gasteiger partial charge is 0.0582 e. The van der Waals surface area contributed by atoms with E-state index in [2.05, 4.69) is 37.4 Å². The number of nitrogens with one attached hydrogen (secondary N) is 1. The first kappa shape index (κ1) is 11.6. The van der Waals surface area contributed by atoms with E-state index in [9.17, 15) is 0 Å². The summed E-state index contributed by atoms with van der Waals surface area (Å²) in [6, 6.07) is 7.11. The van der Waals surface area contributed by atoms with Gasteiger partial charge in [-0.3, -0.25) is 0 Å². The van der Waals surface area contributed by atoms with E-state index >= 15 is 0 Å². The van der Waals surface area contributed by atoms with E-state index < -0.39 is 0 Å². The van der Waals surface area contributed by atoms with Crippen molar-refractivity contribution in [1.82, 2.24) is 5.32 Å². The fourth-order valence-electron chi connectivity index (χ4n) is 2.83. The number of benzene rings is 1. The van der Waals surface area contributed by atoms with Gasteiger partial charge in [0.15, 0.2) is 0 Å². The van der Waals surface area contributed by atoms with Crippen LogP contribution in [0.25, 0.3) is 0 Å². The Kier molecular flexibility index (Phi) is 3.31. The van der Waals surface area contributed by atoms with Gasteiger partial charge in [0.25, 0.3) is 0 Å². The van der Waals surface area contributed by atoms with Crippen molar-refractivity contribution in [3.05, 3.63) is 34.9 Å². The predicted molar refractivity (Wildman–Crippen MR) is 66.6 cm³/mol. The van der Waals surface area contributed by atoms with Gasteiger partial charge in [-0.05, 0) is 42.9 Å². The summed E-state index contributed by atoms with van der Waals surface area (Å²) in [5.41, 5.74) is 4.32. The highest BCUT2D eigenvalue weighted by Gasteiger charge is 2.29. The van der Waals surface area contributed by atoms with E-state index in [1.807, 2.05) is 6.92 Å². The SMILES string of the molecule is Cc1cccc2c1C(C)CC2NC(C)CO. The van der Waals surface area contributed by atoms with Crippen LogP contribution in [-0.4, -0.2) is 17.8 Å². The Morgan fingerprint density at radius 2 is 2.25 bits per heavy atom. The zero-order valence-corrected chi connectivity index (χ0v) is 10.3. The third kappa shape index (κ3) is 2.00. The van der Waals surface area contributed by atoms with Gasteiger partial charge in [-0.2, -0.15) is 0 Å². The van der Waals surface area contributed by atoms with Crippen LogP contribution in [0.4, 0.5) is 0 Å². The molecule has 2 rings (SSSR count). The highest BCUT2D eigenvalue weighted by atomic mass is 16.3. The molecule has 0 saturated carbocycles. The molecule has 16 heavy (non-hydrogen) atoms. The molecule has 1 aliphatic carbocycles. The van der Waals surface area contributed by atoms with Crippen LogP contribution in [0.2, 0.25) is 0 Å². The second-order valence-electron chi connectivity index (χ2n) is 5.02. The zero-order chi connectivity index (χ0) is 11.7. The maximum absolute atomic E-state index is 9.10. The first-order chi connectivity index (χ1) is 7.63. The molecule has 0 heterocycles. The number of rotatable bonds is 3. The summed E-state index contributed by atoms with van der Waals surface area (Å²) in [5.74, 6) is 0.625. The molecule has 3 atom stereocenters. The molecule has 1 aliphatic rings. The average molecular weight is 219 g/mol. The number of hydrogen-bond acceptors (Lipinski definition) is 2. The summed E-state index contributed by atoms with van der Waals surface area (Å²) in [6.45, 7) is 6.70. The number of aliphatic hydroxyl groups is 1. The van der Waals surface area contributed by atoms with E-state index in [0.29, 0.717) is 12.0 Å². The minimum absolute atomic E-state index is 0.170. The van der Waals surface area contributed by atoms with E-state index in [1.54, 1.807) is 0 Å². The normalized spacial score (nSPS) is 25.5. The Bertz CT molecular complexity index is 375. The maximum Gasteiger partial charge on any atom is 0.0582 e. The lowest BCUT2D eigenvalue weighted by atomic mass is 9.98. The van der Waals surface area contributed by atoms with Crippen LogP contribution >= 0.6 is 0 Å². The van der Waals surface area contributed by atoms with Crippen molar-refractivity contribution in [2.24, 2.45) is 0 Å². The van der Waals surface area contributed by atoms with Gasteiger partial charge >= 0.3 is 0 Å². The number of fused-ring (bicyclic) bond motifs is 1. The maximum atomic E-state index is 9.10. The lowest BCUT2D eigenvalue weighted by Gasteiger charge is -2.18. The Morgan fingerprint density at radius 1 is 1.50 bits per heavy atom. The molecule has 88 valence electrons. The van der Waals surface area contributed by atoms with Crippen molar-refractivity contribution in [2.45, 2.75) is 45.2 Å². The standard InChI is InChI=1S/C14H21NO/c1-9-5-4-6-12-13(15-11(3)8-16)7-10(2)14(9)12/h4-6,10-11,13,15-16H,7-8H2,1-3H3. The Morgan fingerprint density at radius 3 is 2.94 bits per heavy atom. The molecule has 0 amide bonds. The minimum atomic E-state index is 0.170. The zero-order valence-electron chi connectivity index (χ0n) is 10.3. The molecule has 0 aliphatic heterocycles. The van der Waals surface area contributed by atoms with Gasteiger partial charge in [-0.15, -0.1) is 0 Å². The van der Waals surface area contributed by atoms with E-state index in [4.69, 9.17) is 5.11 Å². The van der Waals surface area contributed by atoms with Gasteiger partial charge in [0, 0.05) is 12.1 Å². The molecule has 1 aromatic carbocycles. The predicted octanol–water partition coefficient (Wildman–Crippen LogP) is 2.51. The van der Waals surface area contributed by atoms with E-state index in [1.165, 1.54) is 16.7 Å². The van der Waals surface area contributed by atoms with Gasteiger partial charge in [0.2, 0.25) is 0 Å². The fraction of sp³-hybridized carbons (Fsp3) is 0.571. The van der Waals surface area contributed by atoms with Gasteiger partial charge in [-0.1, -0.05) is 25.1 Å². The van der Waals surface area contributed by atoms with Crippen molar-refractivity contribution in [2.75, 3.05) is 6.61 Å². The number of hydrogen-bond donors (Lipinski definition) is 2. The van der Waals surface area contributed by atoms with Crippen LogP contribution in [0.1, 0.15) is 48.9 Å². The molecule has 3 unspecified atom stereocenters. The van der Waals surface area contributed by atoms with Crippen molar-refractivity contribution in [3.63, 3.8) is 0 Å². The topological polar surface area (TPSA) is 32.3 Å². The van der Waals surface area contributed by atoms with Crippen LogP contribution < -0.4 is 5.32 Å². The molecule has 2 N–H and O–H groups in total. The van der Waals surface area contributed by atoms with Gasteiger partial charge in [0.1, 0.15) is 0 Å². The van der Waals surface area contributed by atoms with Crippen molar-refractivity contribution in [1.29, 1.82) is 0 Å². The molecule has 0 bridgehead atoms. The molecule has 0 saturated heterocycles. The van der Waals surface area contributed by atoms with Crippen LogP contribution in [0.3, 0.4) is 0 Å². The summed E-state index contributed by atoms with van der Waals surface area (Å²) in [5, 5.41) is 12.6. The third-order valence-corrected chi connectivity index (χ3v) is 3.57. The summed E-state index contributed by atoms with van der Waals surface area (Å²) >= 11 is 0. The summed E-state index contributed by atoms with van der Waals surface area (Å²) < 4.78 is 0. The lowest BCUT2D eigenvalue weighted by molar-refractivity contribution is 0.239. The van der Waals surface area contributed by atoms with Gasteiger partial charge < -0.3 is 10.4 Å². The number of aliphatic hydroxyl groups excluding tert-OH is 1. The Labute approximate surface area is 97.7 Å². The molecular weight excluding hydrogens is 198 g/mol. The van der Waals surface area contributed by atoms with Crippen LogP contribution in [0, 0.1) is 6.92 Å². The summed E-state index contributed by atoms with van der Waals surface area (Å²) in [7, 11) is 0. The molecule has 0 radical (unpaired) electrons. The van der Waals surface area contributed by atoms with Crippen molar-refractivity contribution in [3.8, 4) is 0 Å². The highest BCUT2D eigenvalue weighted by molar-refractivity contribution is 5.43. The molecule has 0 fully saturated rings. The molecular formula is C14H21NO. The second kappa shape index (κ2) is 4.56. The van der Waals surface area contributed by atoms with Crippen molar-refractivity contribution >= 4 is 0 Å². The van der Waals surface area contributed by atoms with Crippen molar-refractivity contribution < 1.29 is 5.11 Å². The third-order valence-electron chi connectivity index (χ3n) is 3.57. The Balaban J connectivity index is 2.26. The molecule has 1 aromatic rings. The first-order valence-corrected chi connectivity index (χ1v) is 6.09. The largest absolute Gasteiger partial charge is 0.395 e. The molecule has 0 aromatic heterocycles. The quantitative estimate of drug-likeness (QED) is 0.818. The average Bonchev–Trinajstić information content (AvgIpc) is 2.57. The van der Waals surface area contributed by atoms with Gasteiger partial charge in [-0.25, -0.2) is 0 Å². The molecule has 2 heteroatoms. The van der Waals surface area contributed by atoms with Crippen LogP contribution in [0.15, 0.2) is 18.2 Å². The monoisotopic (exact) mass is 219 g/mol. The molecule has 2 nitrogen and oxygen atoms in total. The first-order valence-electron chi connectivity index (χ1n) is 6.09. The summed E-state index contributed by atoms with van der Waals surface area (Å²) in [4.78, 5) is 0. The van der Waals surface area contributed by atoms with E-state index in [0.717, 1.165) is 6.42 Å². The van der Waals surface area contributed by atoms with Gasteiger partial charge in [0.05, 0.1) is 6.61 Å². The highest BCUT2D eigenvalue weighted by Crippen LogP contribution is 2.41. The Hall–Kier alpha value is -0.860. The fourth-order valence-corrected chi connectivity index (χ4v) is 2.83. The summed E-state index contributed by atoms with van der Waals surface area (Å²) in [6.07, 6.45) is 1.14. The van der Waals surface area contributed by atoms with Crippen LogP contribution in [0.5, 0.6) is 0 Å². The van der Waals surface area contributed by atoms with Crippen LogP contribution in [-0.2, 0) is 0 Å². The minimum Gasteiger partial charge on any atom is -0.395 e.